The molecular weight excluding hydrogens is 466 g/mol. The molecule has 0 spiro atoms. The fourth-order valence-corrected chi connectivity index (χ4v) is 4.33. The van der Waals surface area contributed by atoms with E-state index in [4.69, 9.17) is 4.74 Å². The Morgan fingerprint density at radius 1 is 1.00 bits per heavy atom. The van der Waals surface area contributed by atoms with E-state index in [1.54, 1.807) is 6.20 Å². The van der Waals surface area contributed by atoms with Crippen LogP contribution in [0.4, 0.5) is 0 Å². The highest BCUT2D eigenvalue weighted by Crippen LogP contribution is 2.13. The van der Waals surface area contributed by atoms with Gasteiger partial charge in [0.2, 0.25) is 0 Å². The molecule has 2 heterocycles. The largest absolute Gasteiger partial charge is 0.465 e. The molecule has 0 aliphatic heterocycles. The topological polar surface area (TPSA) is 91.3 Å². The highest BCUT2D eigenvalue weighted by atomic mass is 16.5. The van der Waals surface area contributed by atoms with Crippen molar-refractivity contribution in [1.29, 1.82) is 0 Å². The van der Waals surface area contributed by atoms with Gasteiger partial charge in [-0.15, -0.1) is 0 Å². The lowest BCUT2D eigenvalue weighted by atomic mass is 10.1. The summed E-state index contributed by atoms with van der Waals surface area (Å²) in [6.07, 6.45) is 10.7. The predicted molar refractivity (Wildman–Crippen MR) is 145 cm³/mol. The van der Waals surface area contributed by atoms with Crippen molar-refractivity contribution in [2.45, 2.75) is 59.3 Å². The van der Waals surface area contributed by atoms with Crippen molar-refractivity contribution in [1.82, 2.24) is 34.6 Å². The van der Waals surface area contributed by atoms with Crippen LogP contribution in [0.25, 0.3) is 0 Å². The molecule has 0 bridgehead atoms. The zero-order chi connectivity index (χ0) is 26.3. The Bertz CT molecular complexity index is 1020. The van der Waals surface area contributed by atoms with Crippen molar-refractivity contribution in [2.75, 3.05) is 32.8 Å². The van der Waals surface area contributed by atoms with Crippen LogP contribution < -0.4 is 5.32 Å². The monoisotopic (exact) mass is 509 g/mol. The number of unbranched alkanes of at least 4 members (excludes halogenated alkanes) is 1. The van der Waals surface area contributed by atoms with E-state index >= 15 is 0 Å². The average Bonchev–Trinajstić information content (AvgIpc) is 3.54. The van der Waals surface area contributed by atoms with Crippen LogP contribution in [0.2, 0.25) is 0 Å². The van der Waals surface area contributed by atoms with Crippen LogP contribution in [0.5, 0.6) is 0 Å². The summed E-state index contributed by atoms with van der Waals surface area (Å²) < 4.78 is 7.15. The SMILES string of the molecule is CCCN(CCCCNCc1ccc(CN(Cc2ncc[nH]2)Cc2nccn2C)cc1)CC(=O)OCC. The number of H-pyrrole nitrogens is 1. The number of ether oxygens (including phenoxy) is 1. The van der Waals surface area contributed by atoms with Crippen molar-refractivity contribution < 1.29 is 9.53 Å². The molecule has 3 rings (SSSR count). The highest BCUT2D eigenvalue weighted by Gasteiger charge is 2.13. The summed E-state index contributed by atoms with van der Waals surface area (Å²) >= 11 is 0. The Morgan fingerprint density at radius 2 is 1.81 bits per heavy atom. The van der Waals surface area contributed by atoms with E-state index in [1.807, 2.05) is 32.6 Å². The number of nitrogens with zero attached hydrogens (tertiary/aromatic N) is 5. The third-order valence-electron chi connectivity index (χ3n) is 6.25. The molecule has 37 heavy (non-hydrogen) atoms. The molecule has 0 aliphatic carbocycles. The molecule has 9 heteroatoms. The van der Waals surface area contributed by atoms with Crippen LogP contribution in [0.1, 0.15) is 55.9 Å². The van der Waals surface area contributed by atoms with Crippen molar-refractivity contribution in [3.05, 3.63) is 71.8 Å². The number of carbonyl (C=O) groups excluding carboxylic acids is 1. The molecule has 9 nitrogen and oxygen atoms in total. The fourth-order valence-electron chi connectivity index (χ4n) is 4.33. The maximum absolute atomic E-state index is 11.8. The molecular formula is C28H43N7O2. The van der Waals surface area contributed by atoms with E-state index in [0.717, 1.165) is 76.7 Å². The summed E-state index contributed by atoms with van der Waals surface area (Å²) in [5.41, 5.74) is 2.54. The second-order valence-corrected chi connectivity index (χ2v) is 9.42. The Kier molecular flexibility index (Phi) is 12.3. The molecule has 0 saturated heterocycles. The van der Waals surface area contributed by atoms with Crippen LogP contribution in [0.3, 0.4) is 0 Å². The molecule has 2 aromatic heterocycles. The Hall–Kier alpha value is -3.01. The van der Waals surface area contributed by atoms with E-state index in [-0.39, 0.29) is 5.97 Å². The standard InChI is InChI=1S/C28H43N7O2/c1-4-16-34(23-28(36)37-5-2)17-7-6-12-29-19-24-8-10-25(11-9-24)20-35(21-26-30-13-14-31-26)22-27-32-15-18-33(27)3/h8-11,13-15,18,29H,4-7,12,16-17,19-23H2,1-3H3,(H,30,31). The molecule has 202 valence electrons. The number of imidazole rings is 2. The normalized spacial score (nSPS) is 11.5. The summed E-state index contributed by atoms with van der Waals surface area (Å²) in [5, 5.41) is 3.55. The van der Waals surface area contributed by atoms with Gasteiger partial charge in [0.25, 0.3) is 0 Å². The number of aromatic nitrogens is 4. The maximum atomic E-state index is 11.8. The molecule has 0 fully saturated rings. The van der Waals surface area contributed by atoms with Crippen LogP contribution >= 0.6 is 0 Å². The molecule has 0 atom stereocenters. The number of carbonyl (C=O) groups is 1. The first-order valence-electron chi connectivity index (χ1n) is 13.4. The van der Waals surface area contributed by atoms with Gasteiger partial charge in [-0.25, -0.2) is 9.97 Å². The minimum Gasteiger partial charge on any atom is -0.465 e. The predicted octanol–water partition coefficient (Wildman–Crippen LogP) is 3.49. The van der Waals surface area contributed by atoms with Gasteiger partial charge in [0.05, 0.1) is 26.2 Å². The van der Waals surface area contributed by atoms with E-state index in [0.29, 0.717) is 13.2 Å². The zero-order valence-corrected chi connectivity index (χ0v) is 22.7. The van der Waals surface area contributed by atoms with E-state index in [1.165, 1.54) is 11.1 Å². The van der Waals surface area contributed by atoms with Gasteiger partial charge in [-0.1, -0.05) is 31.2 Å². The summed E-state index contributed by atoms with van der Waals surface area (Å²) in [6.45, 7) is 10.8. The second kappa shape index (κ2) is 16.0. The molecule has 2 N–H and O–H groups in total. The summed E-state index contributed by atoms with van der Waals surface area (Å²) in [5.74, 6) is 1.86. The molecule has 0 saturated carbocycles. The average molecular weight is 510 g/mol. The van der Waals surface area contributed by atoms with Crippen LogP contribution in [-0.2, 0) is 42.8 Å². The first-order valence-corrected chi connectivity index (χ1v) is 13.4. The summed E-state index contributed by atoms with van der Waals surface area (Å²) in [6, 6.07) is 8.83. The second-order valence-electron chi connectivity index (χ2n) is 9.42. The van der Waals surface area contributed by atoms with Gasteiger partial charge in [-0.3, -0.25) is 14.6 Å². The fraction of sp³-hybridized carbons (Fsp3) is 0.536. The molecule has 0 aliphatic rings. The number of hydrogen-bond acceptors (Lipinski definition) is 7. The van der Waals surface area contributed by atoms with E-state index in [2.05, 4.69) is 65.8 Å². The number of esters is 1. The van der Waals surface area contributed by atoms with Crippen molar-refractivity contribution in [3.63, 3.8) is 0 Å². The Balaban J connectivity index is 1.40. The van der Waals surface area contributed by atoms with Gasteiger partial charge in [0, 0.05) is 44.9 Å². The minimum atomic E-state index is -0.127. The lowest BCUT2D eigenvalue weighted by molar-refractivity contribution is -0.144. The third-order valence-corrected chi connectivity index (χ3v) is 6.25. The smallest absolute Gasteiger partial charge is 0.320 e. The third kappa shape index (κ3) is 10.5. The molecule has 0 unspecified atom stereocenters. The number of benzene rings is 1. The first-order chi connectivity index (χ1) is 18.1. The highest BCUT2D eigenvalue weighted by molar-refractivity contribution is 5.71. The van der Waals surface area contributed by atoms with Crippen molar-refractivity contribution in [2.24, 2.45) is 7.05 Å². The van der Waals surface area contributed by atoms with Gasteiger partial charge in [0.15, 0.2) is 0 Å². The van der Waals surface area contributed by atoms with Gasteiger partial charge in [-0.05, 0) is 56.9 Å². The zero-order valence-electron chi connectivity index (χ0n) is 22.7. The summed E-state index contributed by atoms with van der Waals surface area (Å²) in [7, 11) is 2.03. The molecule has 3 aromatic rings. The number of rotatable bonds is 18. The van der Waals surface area contributed by atoms with Gasteiger partial charge >= 0.3 is 5.97 Å². The number of aromatic amines is 1. The quantitative estimate of drug-likeness (QED) is 0.200. The minimum absolute atomic E-state index is 0.127. The van der Waals surface area contributed by atoms with Gasteiger partial charge in [-0.2, -0.15) is 0 Å². The molecule has 0 amide bonds. The van der Waals surface area contributed by atoms with Crippen LogP contribution in [0, 0.1) is 0 Å². The summed E-state index contributed by atoms with van der Waals surface area (Å²) in [4.78, 5) is 28.4. The van der Waals surface area contributed by atoms with Crippen LogP contribution in [-0.4, -0.2) is 68.1 Å². The molecule has 1 aromatic carbocycles. The lowest BCUT2D eigenvalue weighted by Crippen LogP contribution is -2.33. The number of aryl methyl sites for hydroxylation is 1. The van der Waals surface area contributed by atoms with Gasteiger partial charge < -0.3 is 19.6 Å². The van der Waals surface area contributed by atoms with Crippen molar-refractivity contribution >= 4 is 5.97 Å². The van der Waals surface area contributed by atoms with Crippen LogP contribution in [0.15, 0.2) is 49.1 Å². The van der Waals surface area contributed by atoms with E-state index in [9.17, 15) is 4.79 Å². The number of nitrogens with one attached hydrogen (secondary N) is 2. The molecule has 0 radical (unpaired) electrons. The lowest BCUT2D eigenvalue weighted by Gasteiger charge is -2.21. The first kappa shape index (κ1) is 28.6. The van der Waals surface area contributed by atoms with Crippen molar-refractivity contribution in [3.8, 4) is 0 Å². The number of hydrogen-bond donors (Lipinski definition) is 2. The Labute approximate surface area is 221 Å². The van der Waals surface area contributed by atoms with Gasteiger partial charge in [0.1, 0.15) is 11.6 Å². The van der Waals surface area contributed by atoms with E-state index < -0.39 is 0 Å². The maximum Gasteiger partial charge on any atom is 0.320 e. The Morgan fingerprint density at radius 3 is 2.49 bits per heavy atom.